The first kappa shape index (κ1) is 18.7. The normalized spacial score (nSPS) is 22.6. The van der Waals surface area contributed by atoms with Crippen molar-refractivity contribution < 1.29 is 14.3 Å². The number of carbonyl (C=O) groups is 2. The van der Waals surface area contributed by atoms with Gasteiger partial charge in [0.25, 0.3) is 0 Å². The number of rotatable bonds is 5. The van der Waals surface area contributed by atoms with Gasteiger partial charge in [-0.1, -0.05) is 12.1 Å². The summed E-state index contributed by atoms with van der Waals surface area (Å²) in [6.45, 7) is 6.40. The lowest BCUT2D eigenvalue weighted by Crippen LogP contribution is -2.45. The number of piperidine rings is 1. The summed E-state index contributed by atoms with van der Waals surface area (Å²) in [4.78, 5) is 29.1. The molecule has 0 aromatic heterocycles. The fourth-order valence-corrected chi connectivity index (χ4v) is 3.97. The van der Waals surface area contributed by atoms with Crippen molar-refractivity contribution in [1.29, 1.82) is 0 Å². The number of benzene rings is 1. The van der Waals surface area contributed by atoms with Crippen molar-refractivity contribution in [2.45, 2.75) is 39.2 Å². The summed E-state index contributed by atoms with van der Waals surface area (Å²) in [6.07, 6.45) is 2.16. The van der Waals surface area contributed by atoms with E-state index in [4.69, 9.17) is 10.5 Å². The molecule has 2 unspecified atom stereocenters. The molecule has 0 radical (unpaired) electrons. The molecule has 0 bridgehead atoms. The Morgan fingerprint density at radius 1 is 1.31 bits per heavy atom. The second-order valence-electron chi connectivity index (χ2n) is 7.33. The van der Waals surface area contributed by atoms with Crippen LogP contribution in [0.25, 0.3) is 0 Å². The van der Waals surface area contributed by atoms with E-state index >= 15 is 0 Å². The average molecular weight is 359 g/mol. The third-order valence-corrected chi connectivity index (χ3v) is 5.53. The summed E-state index contributed by atoms with van der Waals surface area (Å²) >= 11 is 0. The molecule has 2 heterocycles. The molecule has 2 atom stereocenters. The van der Waals surface area contributed by atoms with E-state index < -0.39 is 0 Å². The standard InChI is InChI=1S/C20H29N3O3/c1-3-26-18-7-5-4-6-17(18)23-13-16(12-19(23)24)20(25)22-10-8-15(9-11-22)14(2)21/h4-7,14-16H,3,8-13,21H2,1-2H3. The first-order chi connectivity index (χ1) is 12.5. The number of hydrogen-bond donors (Lipinski definition) is 1. The molecule has 0 aliphatic carbocycles. The number of ether oxygens (including phenoxy) is 1. The highest BCUT2D eigenvalue weighted by molar-refractivity contribution is 6.01. The van der Waals surface area contributed by atoms with Crippen LogP contribution in [0.4, 0.5) is 5.69 Å². The zero-order valence-corrected chi connectivity index (χ0v) is 15.7. The van der Waals surface area contributed by atoms with Crippen LogP contribution in [-0.2, 0) is 9.59 Å². The summed E-state index contributed by atoms with van der Waals surface area (Å²) < 4.78 is 5.64. The molecule has 2 aliphatic heterocycles. The lowest BCUT2D eigenvalue weighted by atomic mass is 9.90. The number of para-hydroxylation sites is 2. The highest BCUT2D eigenvalue weighted by Crippen LogP contribution is 2.34. The van der Waals surface area contributed by atoms with Crippen molar-refractivity contribution >= 4 is 17.5 Å². The molecule has 0 saturated carbocycles. The molecule has 3 rings (SSSR count). The van der Waals surface area contributed by atoms with E-state index in [1.807, 2.05) is 43.0 Å². The average Bonchev–Trinajstić information content (AvgIpc) is 3.03. The van der Waals surface area contributed by atoms with E-state index in [1.165, 1.54) is 0 Å². The largest absolute Gasteiger partial charge is 0.492 e. The fourth-order valence-electron chi connectivity index (χ4n) is 3.97. The van der Waals surface area contributed by atoms with Crippen LogP contribution in [0.15, 0.2) is 24.3 Å². The van der Waals surface area contributed by atoms with Gasteiger partial charge < -0.3 is 20.3 Å². The van der Waals surface area contributed by atoms with E-state index in [9.17, 15) is 9.59 Å². The van der Waals surface area contributed by atoms with Crippen LogP contribution in [0.2, 0.25) is 0 Å². The zero-order chi connectivity index (χ0) is 18.7. The molecule has 1 aromatic carbocycles. The van der Waals surface area contributed by atoms with E-state index in [-0.39, 0.29) is 30.2 Å². The van der Waals surface area contributed by atoms with Crippen molar-refractivity contribution in [3.63, 3.8) is 0 Å². The van der Waals surface area contributed by atoms with Gasteiger partial charge in [0.2, 0.25) is 11.8 Å². The van der Waals surface area contributed by atoms with E-state index in [2.05, 4.69) is 0 Å². The molecule has 142 valence electrons. The van der Waals surface area contributed by atoms with Gasteiger partial charge in [-0.2, -0.15) is 0 Å². The Labute approximate surface area is 155 Å². The molecule has 2 aliphatic rings. The summed E-state index contributed by atoms with van der Waals surface area (Å²) in [6, 6.07) is 7.69. The second-order valence-corrected chi connectivity index (χ2v) is 7.33. The number of anilines is 1. The SMILES string of the molecule is CCOc1ccccc1N1CC(C(=O)N2CCC(C(C)N)CC2)CC1=O. The predicted molar refractivity (Wildman–Crippen MR) is 101 cm³/mol. The minimum absolute atomic E-state index is 0.0130. The number of hydrogen-bond acceptors (Lipinski definition) is 4. The van der Waals surface area contributed by atoms with E-state index in [0.29, 0.717) is 24.8 Å². The minimum Gasteiger partial charge on any atom is -0.492 e. The van der Waals surface area contributed by atoms with Gasteiger partial charge in [-0.3, -0.25) is 9.59 Å². The highest BCUT2D eigenvalue weighted by atomic mass is 16.5. The van der Waals surface area contributed by atoms with Crippen LogP contribution in [0, 0.1) is 11.8 Å². The van der Waals surface area contributed by atoms with Gasteiger partial charge in [0.1, 0.15) is 5.75 Å². The van der Waals surface area contributed by atoms with Crippen LogP contribution in [-0.4, -0.2) is 49.0 Å². The summed E-state index contributed by atoms with van der Waals surface area (Å²) in [5, 5.41) is 0. The van der Waals surface area contributed by atoms with Gasteiger partial charge >= 0.3 is 0 Å². The fraction of sp³-hybridized carbons (Fsp3) is 0.600. The van der Waals surface area contributed by atoms with Crippen molar-refractivity contribution in [3.8, 4) is 5.75 Å². The van der Waals surface area contributed by atoms with E-state index in [0.717, 1.165) is 31.6 Å². The third kappa shape index (κ3) is 3.85. The molecular weight excluding hydrogens is 330 g/mol. The molecule has 26 heavy (non-hydrogen) atoms. The number of carbonyl (C=O) groups excluding carboxylic acids is 2. The maximum absolute atomic E-state index is 12.9. The monoisotopic (exact) mass is 359 g/mol. The molecular formula is C20H29N3O3. The maximum Gasteiger partial charge on any atom is 0.228 e. The van der Waals surface area contributed by atoms with Crippen LogP contribution in [0.5, 0.6) is 5.75 Å². The number of nitrogens with two attached hydrogens (primary N) is 1. The number of likely N-dealkylation sites (tertiary alicyclic amines) is 1. The van der Waals surface area contributed by atoms with E-state index in [1.54, 1.807) is 4.90 Å². The quantitative estimate of drug-likeness (QED) is 0.873. The Balaban J connectivity index is 1.66. The minimum atomic E-state index is -0.274. The molecule has 6 nitrogen and oxygen atoms in total. The first-order valence-electron chi connectivity index (χ1n) is 9.57. The Morgan fingerprint density at radius 2 is 2.00 bits per heavy atom. The van der Waals surface area contributed by atoms with Crippen molar-refractivity contribution in [2.24, 2.45) is 17.6 Å². The van der Waals surface area contributed by atoms with Crippen molar-refractivity contribution in [1.82, 2.24) is 4.90 Å². The Morgan fingerprint density at radius 3 is 2.65 bits per heavy atom. The van der Waals surface area contributed by atoms with Crippen LogP contribution in [0.1, 0.15) is 33.1 Å². The second kappa shape index (κ2) is 8.08. The van der Waals surface area contributed by atoms with Gasteiger partial charge in [-0.25, -0.2) is 0 Å². The molecule has 2 amide bonds. The molecule has 2 saturated heterocycles. The van der Waals surface area contributed by atoms with Gasteiger partial charge in [0.15, 0.2) is 0 Å². The molecule has 0 spiro atoms. The van der Waals surface area contributed by atoms with Crippen molar-refractivity contribution in [3.05, 3.63) is 24.3 Å². The van der Waals surface area contributed by atoms with Crippen LogP contribution < -0.4 is 15.4 Å². The highest BCUT2D eigenvalue weighted by Gasteiger charge is 2.39. The van der Waals surface area contributed by atoms with Crippen molar-refractivity contribution in [2.75, 3.05) is 31.1 Å². The third-order valence-electron chi connectivity index (χ3n) is 5.53. The van der Waals surface area contributed by atoms with Gasteiger partial charge in [-0.15, -0.1) is 0 Å². The van der Waals surface area contributed by atoms with Crippen LogP contribution in [0.3, 0.4) is 0 Å². The van der Waals surface area contributed by atoms with Gasteiger partial charge in [0, 0.05) is 32.1 Å². The Kier molecular flexibility index (Phi) is 5.81. The predicted octanol–water partition coefficient (Wildman–Crippen LogP) is 2.02. The maximum atomic E-state index is 12.9. The Bertz CT molecular complexity index is 653. The Hall–Kier alpha value is -2.08. The summed E-state index contributed by atoms with van der Waals surface area (Å²) in [7, 11) is 0. The number of nitrogens with zero attached hydrogens (tertiary/aromatic N) is 2. The van der Waals surface area contributed by atoms with Crippen LogP contribution >= 0.6 is 0 Å². The number of amides is 2. The topological polar surface area (TPSA) is 75.9 Å². The van der Waals surface area contributed by atoms with Gasteiger partial charge in [0.05, 0.1) is 18.2 Å². The lowest BCUT2D eigenvalue weighted by Gasteiger charge is -2.35. The van der Waals surface area contributed by atoms with Gasteiger partial charge in [-0.05, 0) is 44.7 Å². The summed E-state index contributed by atoms with van der Waals surface area (Å²) in [5.41, 5.74) is 6.74. The first-order valence-corrected chi connectivity index (χ1v) is 9.57. The molecule has 6 heteroatoms. The molecule has 2 fully saturated rings. The summed E-state index contributed by atoms with van der Waals surface area (Å²) in [5.74, 6) is 0.982. The molecule has 2 N–H and O–H groups in total. The molecule has 1 aromatic rings. The lowest BCUT2D eigenvalue weighted by molar-refractivity contribution is -0.137. The zero-order valence-electron chi connectivity index (χ0n) is 15.7. The smallest absolute Gasteiger partial charge is 0.228 e.